The Morgan fingerprint density at radius 2 is 2.00 bits per heavy atom. The quantitative estimate of drug-likeness (QED) is 0.579. The Balaban J connectivity index is 2.05. The molecule has 2 saturated heterocycles. The molecule has 0 aromatic heterocycles. The molecule has 12 heavy (non-hydrogen) atoms. The number of hydrogen-bond donors (Lipinski definition) is 0. The van der Waals surface area contributed by atoms with E-state index in [0.717, 1.165) is 23.8 Å². The lowest BCUT2D eigenvalue weighted by Crippen LogP contribution is -2.51. The molecule has 0 aromatic carbocycles. The molecule has 3 rings (SSSR count). The average molecular weight is 167 g/mol. The zero-order valence-electron chi connectivity index (χ0n) is 8.59. The first kappa shape index (κ1) is 8.55. The van der Waals surface area contributed by atoms with Crippen molar-refractivity contribution < 1.29 is 0 Å². The normalized spacial score (nSPS) is 42.5. The molecular weight excluding hydrogens is 146 g/mol. The van der Waals surface area contributed by atoms with E-state index in [0.29, 0.717) is 0 Å². The topological polar surface area (TPSA) is 3.24 Å². The lowest BCUT2D eigenvalue weighted by molar-refractivity contribution is 0.00421. The minimum atomic E-state index is 0.909. The highest BCUT2D eigenvalue weighted by Crippen LogP contribution is 2.41. The second kappa shape index (κ2) is 3.02. The monoisotopic (exact) mass is 167 g/mol. The van der Waals surface area contributed by atoms with Crippen LogP contribution in [0.4, 0.5) is 0 Å². The summed E-state index contributed by atoms with van der Waals surface area (Å²) in [5.74, 6) is 2.95. The first-order valence-electron chi connectivity index (χ1n) is 5.38. The van der Waals surface area contributed by atoms with Crippen molar-refractivity contribution in [1.29, 1.82) is 0 Å². The van der Waals surface area contributed by atoms with Gasteiger partial charge in [-0.2, -0.15) is 0 Å². The minimum Gasteiger partial charge on any atom is -0.303 e. The van der Waals surface area contributed by atoms with Gasteiger partial charge in [0.25, 0.3) is 0 Å². The molecule has 1 aliphatic carbocycles. The van der Waals surface area contributed by atoms with Crippen molar-refractivity contribution in [2.45, 2.75) is 39.2 Å². The molecule has 0 radical (unpaired) electrons. The van der Waals surface area contributed by atoms with E-state index >= 15 is 0 Å². The summed E-state index contributed by atoms with van der Waals surface area (Å²) in [5.41, 5.74) is 0. The highest BCUT2D eigenvalue weighted by Gasteiger charge is 2.39. The third kappa shape index (κ3) is 1.28. The summed E-state index contributed by atoms with van der Waals surface area (Å²) < 4.78 is 0. The molecular formula is C11H21N. The Kier molecular flexibility index (Phi) is 2.16. The van der Waals surface area contributed by atoms with Crippen LogP contribution >= 0.6 is 0 Å². The Hall–Kier alpha value is -0.0400. The van der Waals surface area contributed by atoms with Crippen LogP contribution in [0.15, 0.2) is 0 Å². The van der Waals surface area contributed by atoms with Crippen LogP contribution in [-0.4, -0.2) is 24.5 Å². The van der Waals surface area contributed by atoms with Crippen LogP contribution in [-0.2, 0) is 0 Å². The summed E-state index contributed by atoms with van der Waals surface area (Å²) in [6.07, 6.45) is 4.43. The molecule has 1 nitrogen and oxygen atoms in total. The number of piperidine rings is 2. The molecule has 1 heteroatoms. The van der Waals surface area contributed by atoms with E-state index in [1.54, 1.807) is 0 Å². The molecule has 3 aliphatic rings. The van der Waals surface area contributed by atoms with E-state index in [2.05, 4.69) is 25.8 Å². The fourth-order valence-electron chi connectivity index (χ4n) is 3.21. The van der Waals surface area contributed by atoms with Gasteiger partial charge >= 0.3 is 0 Å². The molecule has 3 atom stereocenters. The Morgan fingerprint density at radius 1 is 1.25 bits per heavy atom. The summed E-state index contributed by atoms with van der Waals surface area (Å²) in [5, 5.41) is 0. The van der Waals surface area contributed by atoms with Crippen molar-refractivity contribution in [3.8, 4) is 0 Å². The zero-order chi connectivity index (χ0) is 8.72. The lowest BCUT2D eigenvalue weighted by Gasteiger charge is -2.49. The Bertz CT molecular complexity index is 164. The van der Waals surface area contributed by atoms with Crippen LogP contribution in [0.3, 0.4) is 0 Å². The fraction of sp³-hybridized carbons (Fsp3) is 1.00. The number of nitrogens with zero attached hydrogens (tertiary/aromatic N) is 1. The van der Waals surface area contributed by atoms with E-state index < -0.39 is 0 Å². The van der Waals surface area contributed by atoms with Crippen molar-refractivity contribution in [3.05, 3.63) is 0 Å². The highest BCUT2D eigenvalue weighted by molar-refractivity contribution is 4.92. The van der Waals surface area contributed by atoms with Crippen LogP contribution in [0.25, 0.3) is 0 Å². The van der Waals surface area contributed by atoms with Gasteiger partial charge in [0.15, 0.2) is 0 Å². The second-order valence-corrected chi connectivity index (χ2v) is 5.07. The van der Waals surface area contributed by atoms with Crippen molar-refractivity contribution in [2.75, 3.05) is 13.6 Å². The summed E-state index contributed by atoms with van der Waals surface area (Å²) in [6.45, 7) is 6.16. The second-order valence-electron chi connectivity index (χ2n) is 5.07. The van der Waals surface area contributed by atoms with E-state index in [1.165, 1.54) is 25.8 Å². The molecule has 0 aromatic rings. The van der Waals surface area contributed by atoms with E-state index in [-0.39, 0.29) is 0 Å². The van der Waals surface area contributed by atoms with Gasteiger partial charge in [0.05, 0.1) is 0 Å². The summed E-state index contributed by atoms with van der Waals surface area (Å²) in [7, 11) is 2.30. The van der Waals surface area contributed by atoms with Gasteiger partial charge < -0.3 is 4.90 Å². The molecule has 0 N–H and O–H groups in total. The van der Waals surface area contributed by atoms with Gasteiger partial charge in [0.2, 0.25) is 0 Å². The van der Waals surface area contributed by atoms with Crippen LogP contribution in [0.2, 0.25) is 0 Å². The Labute approximate surface area is 76.1 Å². The standard InChI is InChI=1S/C11H21N/c1-8(2)11-6-10-5-4-9(11)7-12(10)3/h8-11H,4-7H2,1-3H3/t9?,10-,11?/m1/s1. The van der Waals surface area contributed by atoms with Gasteiger partial charge in [-0.3, -0.25) is 0 Å². The molecule has 3 fully saturated rings. The van der Waals surface area contributed by atoms with Crippen molar-refractivity contribution >= 4 is 0 Å². The first-order valence-corrected chi connectivity index (χ1v) is 5.38. The fourth-order valence-corrected chi connectivity index (χ4v) is 3.21. The highest BCUT2D eigenvalue weighted by atomic mass is 15.1. The predicted octanol–water partition coefficient (Wildman–Crippen LogP) is 2.37. The third-order valence-corrected chi connectivity index (χ3v) is 4.02. The third-order valence-electron chi connectivity index (χ3n) is 4.02. The minimum absolute atomic E-state index is 0.909. The zero-order valence-corrected chi connectivity index (χ0v) is 8.59. The van der Waals surface area contributed by atoms with Crippen LogP contribution in [0.5, 0.6) is 0 Å². The lowest BCUT2D eigenvalue weighted by atomic mass is 9.68. The maximum Gasteiger partial charge on any atom is 0.00952 e. The molecule has 2 unspecified atom stereocenters. The summed E-state index contributed by atoms with van der Waals surface area (Å²) >= 11 is 0. The van der Waals surface area contributed by atoms with Crippen LogP contribution in [0.1, 0.15) is 33.1 Å². The van der Waals surface area contributed by atoms with Gasteiger partial charge in [0, 0.05) is 12.6 Å². The number of rotatable bonds is 1. The van der Waals surface area contributed by atoms with Gasteiger partial charge in [-0.15, -0.1) is 0 Å². The predicted molar refractivity (Wildman–Crippen MR) is 52.1 cm³/mol. The van der Waals surface area contributed by atoms with E-state index in [9.17, 15) is 0 Å². The molecule has 2 heterocycles. The van der Waals surface area contributed by atoms with E-state index in [4.69, 9.17) is 0 Å². The van der Waals surface area contributed by atoms with Gasteiger partial charge in [-0.05, 0) is 44.1 Å². The molecule has 70 valence electrons. The van der Waals surface area contributed by atoms with Crippen molar-refractivity contribution in [3.63, 3.8) is 0 Å². The number of hydrogen-bond acceptors (Lipinski definition) is 1. The van der Waals surface area contributed by atoms with Crippen molar-refractivity contribution in [1.82, 2.24) is 4.90 Å². The maximum absolute atomic E-state index is 2.58. The van der Waals surface area contributed by atoms with E-state index in [1.807, 2.05) is 0 Å². The van der Waals surface area contributed by atoms with Crippen LogP contribution in [0, 0.1) is 17.8 Å². The van der Waals surface area contributed by atoms with Gasteiger partial charge in [-0.1, -0.05) is 13.8 Å². The molecule has 2 bridgehead atoms. The van der Waals surface area contributed by atoms with Crippen molar-refractivity contribution in [2.24, 2.45) is 17.8 Å². The molecule has 2 aliphatic heterocycles. The average Bonchev–Trinajstić information content (AvgIpc) is 2.04. The van der Waals surface area contributed by atoms with Crippen LogP contribution < -0.4 is 0 Å². The summed E-state index contributed by atoms with van der Waals surface area (Å²) in [4.78, 5) is 2.58. The number of fused-ring (bicyclic) bond motifs is 3. The largest absolute Gasteiger partial charge is 0.303 e. The van der Waals surface area contributed by atoms with Gasteiger partial charge in [-0.25, -0.2) is 0 Å². The molecule has 0 amide bonds. The SMILES string of the molecule is CC(C)C1C[C@H]2CCC1CN2C. The molecule has 1 saturated carbocycles. The summed E-state index contributed by atoms with van der Waals surface area (Å²) in [6, 6.07) is 0.919. The maximum atomic E-state index is 2.58. The Morgan fingerprint density at radius 3 is 2.42 bits per heavy atom. The molecule has 0 spiro atoms. The first-order chi connectivity index (χ1) is 5.68. The van der Waals surface area contributed by atoms with Gasteiger partial charge in [0.1, 0.15) is 0 Å². The smallest absolute Gasteiger partial charge is 0.00952 e.